The molecule has 3 aromatic rings. The molecule has 0 atom stereocenters. The summed E-state index contributed by atoms with van der Waals surface area (Å²) in [6.07, 6.45) is 3.49. The number of nitrogens with zero attached hydrogens (tertiary/aromatic N) is 4. The fraction of sp³-hybridized carbons (Fsp3) is 0.333. The Hall–Kier alpha value is -3.22. The number of fused-ring (bicyclic) bond motifs is 1. The summed E-state index contributed by atoms with van der Waals surface area (Å²) in [5.41, 5.74) is 3.82. The number of benzene rings is 1. The molecule has 7 heteroatoms. The first-order valence-electron chi connectivity index (χ1n) is 9.54. The molecule has 0 spiro atoms. The number of carbonyl (C=O) groups excluding carboxylic acids is 1. The Morgan fingerprint density at radius 1 is 1.14 bits per heavy atom. The Kier molecular flexibility index (Phi) is 4.81. The summed E-state index contributed by atoms with van der Waals surface area (Å²) < 4.78 is 3.10. The van der Waals surface area contributed by atoms with Gasteiger partial charge in [0.05, 0.1) is 11.4 Å². The Labute approximate surface area is 163 Å². The molecule has 2 heterocycles. The zero-order valence-corrected chi connectivity index (χ0v) is 16.1. The van der Waals surface area contributed by atoms with E-state index in [9.17, 15) is 9.59 Å². The van der Waals surface area contributed by atoms with Gasteiger partial charge in [-0.3, -0.25) is 14.2 Å². The largest absolute Gasteiger partial charge is 0.325 e. The van der Waals surface area contributed by atoms with E-state index in [1.165, 1.54) is 4.57 Å². The zero-order chi connectivity index (χ0) is 19.7. The average Bonchev–Trinajstić information content (AvgIpc) is 3.02. The predicted molar refractivity (Wildman–Crippen MR) is 107 cm³/mol. The number of aryl methyl sites for hydroxylation is 3. The van der Waals surface area contributed by atoms with Crippen molar-refractivity contribution in [3.8, 4) is 5.95 Å². The SMILES string of the molecule is Cc1cc(C)n(-c2nc3c(c(=O)n2CC(=O)Nc2ccccc2)CCCC3)n1. The number of aromatic nitrogens is 4. The van der Waals surface area contributed by atoms with Gasteiger partial charge in [-0.25, -0.2) is 9.67 Å². The van der Waals surface area contributed by atoms with E-state index in [2.05, 4.69) is 10.4 Å². The highest BCUT2D eigenvalue weighted by Crippen LogP contribution is 2.19. The molecule has 4 rings (SSSR count). The van der Waals surface area contributed by atoms with E-state index in [1.54, 1.807) is 4.68 Å². The molecule has 144 valence electrons. The molecular weight excluding hydrogens is 354 g/mol. The topological polar surface area (TPSA) is 81.8 Å². The van der Waals surface area contributed by atoms with Gasteiger partial charge in [0.15, 0.2) is 0 Å². The maximum absolute atomic E-state index is 13.2. The highest BCUT2D eigenvalue weighted by molar-refractivity contribution is 5.90. The lowest BCUT2D eigenvalue weighted by atomic mass is 9.97. The van der Waals surface area contributed by atoms with Crippen molar-refractivity contribution in [1.29, 1.82) is 0 Å². The van der Waals surface area contributed by atoms with Crippen molar-refractivity contribution in [2.75, 3.05) is 5.32 Å². The number of hydrogen-bond acceptors (Lipinski definition) is 4. The number of rotatable bonds is 4. The van der Waals surface area contributed by atoms with Gasteiger partial charge in [0.25, 0.3) is 5.56 Å². The summed E-state index contributed by atoms with van der Waals surface area (Å²) in [5.74, 6) is 0.133. The smallest absolute Gasteiger partial charge is 0.258 e. The quantitative estimate of drug-likeness (QED) is 0.758. The van der Waals surface area contributed by atoms with Gasteiger partial charge in [-0.2, -0.15) is 5.10 Å². The second-order valence-corrected chi connectivity index (χ2v) is 7.19. The monoisotopic (exact) mass is 377 g/mol. The van der Waals surface area contributed by atoms with Crippen molar-refractivity contribution in [3.05, 3.63) is 69.4 Å². The molecule has 1 aliphatic carbocycles. The molecular formula is C21H23N5O2. The van der Waals surface area contributed by atoms with Gasteiger partial charge in [-0.1, -0.05) is 18.2 Å². The zero-order valence-electron chi connectivity index (χ0n) is 16.1. The summed E-state index contributed by atoms with van der Waals surface area (Å²) in [6, 6.07) is 11.1. The van der Waals surface area contributed by atoms with E-state index in [1.807, 2.05) is 50.2 Å². The molecule has 0 radical (unpaired) electrons. The van der Waals surface area contributed by atoms with E-state index in [4.69, 9.17) is 4.98 Å². The van der Waals surface area contributed by atoms with Crippen molar-refractivity contribution < 1.29 is 4.79 Å². The lowest BCUT2D eigenvalue weighted by molar-refractivity contribution is -0.116. The first-order valence-corrected chi connectivity index (χ1v) is 9.54. The van der Waals surface area contributed by atoms with E-state index in [-0.39, 0.29) is 18.0 Å². The van der Waals surface area contributed by atoms with Crippen molar-refractivity contribution >= 4 is 11.6 Å². The number of hydrogen-bond donors (Lipinski definition) is 1. The van der Waals surface area contributed by atoms with Gasteiger partial charge in [0.1, 0.15) is 6.54 Å². The minimum Gasteiger partial charge on any atom is -0.325 e. The standard InChI is InChI=1S/C21H23N5O2/c1-14-12-15(2)26(24-14)21-23-18-11-7-6-10-17(18)20(28)25(21)13-19(27)22-16-8-4-3-5-9-16/h3-5,8-9,12H,6-7,10-11,13H2,1-2H3,(H,22,27). The van der Waals surface area contributed by atoms with Crippen molar-refractivity contribution in [2.24, 2.45) is 0 Å². The molecule has 0 fully saturated rings. The molecule has 28 heavy (non-hydrogen) atoms. The molecule has 1 N–H and O–H groups in total. The van der Waals surface area contributed by atoms with Crippen LogP contribution in [0.25, 0.3) is 5.95 Å². The highest BCUT2D eigenvalue weighted by atomic mass is 16.2. The number of nitrogens with one attached hydrogen (secondary N) is 1. The maximum Gasteiger partial charge on any atom is 0.258 e. The Bertz CT molecular complexity index is 1080. The maximum atomic E-state index is 13.2. The van der Waals surface area contributed by atoms with Crippen molar-refractivity contribution in [3.63, 3.8) is 0 Å². The van der Waals surface area contributed by atoms with Gasteiger partial charge in [0, 0.05) is 16.9 Å². The van der Waals surface area contributed by atoms with Crippen LogP contribution in [0.2, 0.25) is 0 Å². The molecule has 1 aromatic carbocycles. The number of para-hydroxylation sites is 1. The molecule has 0 aliphatic heterocycles. The van der Waals surface area contributed by atoms with Crippen LogP contribution in [-0.2, 0) is 24.2 Å². The number of anilines is 1. The molecule has 0 saturated heterocycles. The first kappa shape index (κ1) is 18.2. The van der Waals surface area contributed by atoms with Crippen LogP contribution >= 0.6 is 0 Å². The molecule has 1 aliphatic rings. The predicted octanol–water partition coefficient (Wildman–Crippen LogP) is 2.56. The summed E-state index contributed by atoms with van der Waals surface area (Å²) in [6.45, 7) is 3.70. The second-order valence-electron chi connectivity index (χ2n) is 7.19. The normalized spacial score (nSPS) is 13.2. The third-order valence-electron chi connectivity index (χ3n) is 4.98. The molecule has 7 nitrogen and oxygen atoms in total. The summed E-state index contributed by atoms with van der Waals surface area (Å²) in [5, 5.41) is 7.33. The van der Waals surface area contributed by atoms with Crippen molar-refractivity contribution in [1.82, 2.24) is 19.3 Å². The van der Waals surface area contributed by atoms with E-state index in [0.29, 0.717) is 18.1 Å². The van der Waals surface area contributed by atoms with Crippen LogP contribution in [0.4, 0.5) is 5.69 Å². The van der Waals surface area contributed by atoms with E-state index < -0.39 is 0 Å². The minimum absolute atomic E-state index is 0.109. The fourth-order valence-corrected chi connectivity index (χ4v) is 3.68. The molecule has 0 unspecified atom stereocenters. The number of amides is 1. The minimum atomic E-state index is -0.270. The highest BCUT2D eigenvalue weighted by Gasteiger charge is 2.22. The van der Waals surface area contributed by atoms with Gasteiger partial charge >= 0.3 is 0 Å². The van der Waals surface area contributed by atoms with Gasteiger partial charge in [0.2, 0.25) is 11.9 Å². The van der Waals surface area contributed by atoms with Gasteiger partial charge < -0.3 is 5.32 Å². The van der Waals surface area contributed by atoms with Crippen molar-refractivity contribution in [2.45, 2.75) is 46.1 Å². The summed E-state index contributed by atoms with van der Waals surface area (Å²) in [4.78, 5) is 30.6. The van der Waals surface area contributed by atoms with Gasteiger partial charge in [-0.15, -0.1) is 0 Å². The van der Waals surface area contributed by atoms with Gasteiger partial charge in [-0.05, 0) is 57.7 Å². The van der Waals surface area contributed by atoms with Crippen LogP contribution < -0.4 is 10.9 Å². The third-order valence-corrected chi connectivity index (χ3v) is 4.98. The van der Waals surface area contributed by atoms with Crippen LogP contribution in [-0.4, -0.2) is 25.2 Å². The Balaban J connectivity index is 1.77. The summed E-state index contributed by atoms with van der Waals surface area (Å²) >= 11 is 0. The average molecular weight is 377 g/mol. The molecule has 1 amide bonds. The lowest BCUT2D eigenvalue weighted by Crippen LogP contribution is -2.35. The first-order chi connectivity index (χ1) is 13.5. The third kappa shape index (κ3) is 3.47. The second kappa shape index (κ2) is 7.42. The van der Waals surface area contributed by atoms with Crippen LogP contribution in [0.1, 0.15) is 35.5 Å². The number of carbonyl (C=O) groups is 1. The van der Waals surface area contributed by atoms with Crippen LogP contribution in [0.5, 0.6) is 0 Å². The van der Waals surface area contributed by atoms with Crippen LogP contribution in [0, 0.1) is 13.8 Å². The molecule has 0 saturated carbocycles. The van der Waals surface area contributed by atoms with E-state index in [0.717, 1.165) is 41.9 Å². The summed E-state index contributed by atoms with van der Waals surface area (Å²) in [7, 11) is 0. The molecule has 2 aromatic heterocycles. The molecule has 0 bridgehead atoms. The Morgan fingerprint density at radius 3 is 2.61 bits per heavy atom. The van der Waals surface area contributed by atoms with E-state index >= 15 is 0 Å². The Morgan fingerprint density at radius 2 is 1.89 bits per heavy atom. The lowest BCUT2D eigenvalue weighted by Gasteiger charge is -2.20. The van der Waals surface area contributed by atoms with Crippen LogP contribution in [0.3, 0.4) is 0 Å². The van der Waals surface area contributed by atoms with Crippen LogP contribution in [0.15, 0.2) is 41.2 Å². The fourth-order valence-electron chi connectivity index (χ4n) is 3.68.